The minimum atomic E-state index is -2.54. The minimum absolute atomic E-state index is 0.0124. The van der Waals surface area contributed by atoms with E-state index in [4.69, 9.17) is 11.6 Å². The van der Waals surface area contributed by atoms with Gasteiger partial charge in [0.25, 0.3) is 5.69 Å². The van der Waals surface area contributed by atoms with Crippen LogP contribution in [-0.4, -0.2) is 38.4 Å². The quantitative estimate of drug-likeness (QED) is 0.125. The number of rotatable bonds is 7. The predicted octanol–water partition coefficient (Wildman–Crippen LogP) is 6.32. The summed E-state index contributed by atoms with van der Waals surface area (Å²) in [5, 5.41) is 26.6. The SMILES string of the molecule is CP(C)(=O)c1ccccc1Nc1nc(Nc2ccc3[nH]nc(-c4cccc([N+](=O)[O-])c4)c3c2)ncc1Cl. The molecule has 0 aliphatic carbocycles. The van der Waals surface area contributed by atoms with Crippen LogP contribution in [0.2, 0.25) is 5.02 Å². The maximum Gasteiger partial charge on any atom is 0.270 e. The van der Waals surface area contributed by atoms with Gasteiger partial charge >= 0.3 is 0 Å². The summed E-state index contributed by atoms with van der Waals surface area (Å²) in [6, 6.07) is 19.2. The summed E-state index contributed by atoms with van der Waals surface area (Å²) in [4.78, 5) is 19.6. The zero-order chi connectivity index (χ0) is 26.2. The van der Waals surface area contributed by atoms with Gasteiger partial charge in [0.1, 0.15) is 17.9 Å². The average molecular weight is 534 g/mol. The fourth-order valence-electron chi connectivity index (χ4n) is 3.90. The number of hydrogen-bond acceptors (Lipinski definition) is 8. The molecule has 5 rings (SSSR count). The lowest BCUT2D eigenvalue weighted by Crippen LogP contribution is -2.10. The largest absolute Gasteiger partial charge is 0.338 e. The third kappa shape index (κ3) is 5.16. The first kappa shape index (κ1) is 24.4. The van der Waals surface area contributed by atoms with Crippen LogP contribution in [0.4, 0.5) is 28.8 Å². The van der Waals surface area contributed by atoms with Crippen LogP contribution >= 0.6 is 18.7 Å². The Morgan fingerprint density at radius 1 is 1.03 bits per heavy atom. The lowest BCUT2D eigenvalue weighted by molar-refractivity contribution is -0.384. The lowest BCUT2D eigenvalue weighted by Gasteiger charge is -2.15. The van der Waals surface area contributed by atoms with Crippen LogP contribution in [0.3, 0.4) is 0 Å². The van der Waals surface area contributed by atoms with Gasteiger partial charge in [0.05, 0.1) is 22.3 Å². The molecule has 2 aromatic heterocycles. The maximum absolute atomic E-state index is 12.7. The van der Waals surface area contributed by atoms with Gasteiger partial charge in [-0.25, -0.2) is 4.98 Å². The van der Waals surface area contributed by atoms with Crippen molar-refractivity contribution in [3.63, 3.8) is 0 Å². The zero-order valence-electron chi connectivity index (χ0n) is 19.8. The van der Waals surface area contributed by atoms with Crippen molar-refractivity contribution in [2.75, 3.05) is 24.0 Å². The molecule has 0 aliphatic heterocycles. The average Bonchev–Trinajstić information content (AvgIpc) is 3.29. The number of aromatic nitrogens is 4. The molecule has 186 valence electrons. The van der Waals surface area contributed by atoms with Crippen LogP contribution in [0.15, 0.2) is 72.9 Å². The van der Waals surface area contributed by atoms with Crippen molar-refractivity contribution in [2.24, 2.45) is 0 Å². The predicted molar refractivity (Wildman–Crippen MR) is 147 cm³/mol. The molecule has 0 saturated heterocycles. The van der Waals surface area contributed by atoms with Crippen molar-refractivity contribution in [3.05, 3.63) is 88.1 Å². The highest BCUT2D eigenvalue weighted by Gasteiger charge is 2.17. The van der Waals surface area contributed by atoms with Gasteiger partial charge in [-0.1, -0.05) is 35.9 Å². The normalized spacial score (nSPS) is 11.4. The Morgan fingerprint density at radius 3 is 2.62 bits per heavy atom. The minimum Gasteiger partial charge on any atom is -0.338 e. The number of nitrogens with one attached hydrogen (secondary N) is 3. The summed E-state index contributed by atoms with van der Waals surface area (Å²) in [7, 11) is -2.54. The van der Waals surface area contributed by atoms with Gasteiger partial charge in [0, 0.05) is 34.1 Å². The van der Waals surface area contributed by atoms with Crippen LogP contribution in [0, 0.1) is 10.1 Å². The van der Waals surface area contributed by atoms with Gasteiger partial charge in [-0.15, -0.1) is 0 Å². The van der Waals surface area contributed by atoms with E-state index in [0.29, 0.717) is 44.7 Å². The summed E-state index contributed by atoms with van der Waals surface area (Å²) in [6.45, 7) is 3.41. The molecule has 0 unspecified atom stereocenters. The number of benzene rings is 3. The van der Waals surface area contributed by atoms with E-state index in [1.807, 2.05) is 42.5 Å². The summed E-state index contributed by atoms with van der Waals surface area (Å²) < 4.78 is 12.7. The highest BCUT2D eigenvalue weighted by molar-refractivity contribution is 7.70. The molecular weight excluding hydrogens is 513 g/mol. The van der Waals surface area contributed by atoms with Crippen LogP contribution in [-0.2, 0) is 4.57 Å². The number of nitrogens with zero attached hydrogens (tertiary/aromatic N) is 4. The number of hydrogen-bond donors (Lipinski definition) is 3. The molecule has 0 aliphatic rings. The topological polar surface area (TPSA) is 139 Å². The van der Waals surface area contributed by atoms with Gasteiger partial charge in [0.15, 0.2) is 5.82 Å². The monoisotopic (exact) mass is 533 g/mol. The van der Waals surface area contributed by atoms with Crippen LogP contribution < -0.4 is 15.9 Å². The van der Waals surface area contributed by atoms with E-state index < -0.39 is 12.1 Å². The van der Waals surface area contributed by atoms with E-state index in [1.165, 1.54) is 18.3 Å². The summed E-state index contributed by atoms with van der Waals surface area (Å²) in [5.74, 6) is 0.655. The fraction of sp³-hybridized carbons (Fsp3) is 0.0800. The van der Waals surface area contributed by atoms with Crippen molar-refractivity contribution in [1.29, 1.82) is 0 Å². The van der Waals surface area contributed by atoms with Crippen LogP contribution in [0.1, 0.15) is 0 Å². The number of nitro groups is 1. The first-order valence-electron chi connectivity index (χ1n) is 11.1. The highest BCUT2D eigenvalue weighted by Crippen LogP contribution is 2.39. The van der Waals surface area contributed by atoms with Crippen molar-refractivity contribution >= 4 is 63.8 Å². The molecule has 0 saturated carbocycles. The molecule has 0 spiro atoms. The van der Waals surface area contributed by atoms with E-state index in [2.05, 4.69) is 30.8 Å². The molecule has 37 heavy (non-hydrogen) atoms. The number of aromatic amines is 1. The van der Waals surface area contributed by atoms with Gasteiger partial charge in [-0.2, -0.15) is 10.1 Å². The standard InChI is InChI=1S/C25H21ClN7O3P/c1-37(2,36)22-9-4-3-8-21(22)29-24-19(26)14-27-25(30-24)28-16-10-11-20-18(13-16)23(32-31-20)15-6-5-7-17(12-15)33(34)35/h3-14H,1-2H3,(H,31,32)(H2,27,28,29,30). The van der Waals surface area contributed by atoms with Crippen molar-refractivity contribution in [1.82, 2.24) is 20.2 Å². The third-order valence-electron chi connectivity index (χ3n) is 5.63. The molecule has 0 amide bonds. The molecular formula is C25H21ClN7O3P. The van der Waals surface area contributed by atoms with E-state index in [0.717, 1.165) is 10.9 Å². The van der Waals surface area contributed by atoms with Crippen LogP contribution in [0.5, 0.6) is 0 Å². The van der Waals surface area contributed by atoms with Crippen LogP contribution in [0.25, 0.3) is 22.2 Å². The smallest absolute Gasteiger partial charge is 0.270 e. The number of para-hydroxylation sites is 1. The third-order valence-corrected chi connectivity index (χ3v) is 7.46. The van der Waals surface area contributed by atoms with Gasteiger partial charge in [-0.3, -0.25) is 15.2 Å². The number of anilines is 4. The highest BCUT2D eigenvalue weighted by atomic mass is 35.5. The fourth-order valence-corrected chi connectivity index (χ4v) is 5.19. The molecule has 0 radical (unpaired) electrons. The number of non-ortho nitro benzene ring substituents is 1. The Hall–Kier alpha value is -4.27. The first-order valence-corrected chi connectivity index (χ1v) is 14.1. The van der Waals surface area contributed by atoms with Crippen molar-refractivity contribution in [3.8, 4) is 11.3 Å². The number of halogens is 1. The van der Waals surface area contributed by atoms with Gasteiger partial charge in [-0.05, 0) is 43.7 Å². The second-order valence-corrected chi connectivity index (χ2v) is 12.2. The molecule has 5 aromatic rings. The Balaban J connectivity index is 1.46. The Kier molecular flexibility index (Phi) is 6.37. The second kappa shape index (κ2) is 9.65. The number of fused-ring (bicyclic) bond motifs is 1. The van der Waals surface area contributed by atoms with Crippen molar-refractivity contribution < 1.29 is 9.49 Å². The summed E-state index contributed by atoms with van der Waals surface area (Å²) >= 11 is 6.36. The van der Waals surface area contributed by atoms with Gasteiger partial charge in [0.2, 0.25) is 5.95 Å². The lowest BCUT2D eigenvalue weighted by atomic mass is 10.1. The molecule has 12 heteroatoms. The maximum atomic E-state index is 12.7. The Bertz CT molecular complexity index is 1700. The van der Waals surface area contributed by atoms with E-state index in [-0.39, 0.29) is 5.69 Å². The molecule has 0 bridgehead atoms. The van der Waals surface area contributed by atoms with Crippen molar-refractivity contribution in [2.45, 2.75) is 0 Å². The molecule has 0 atom stereocenters. The molecule has 3 aromatic carbocycles. The molecule has 3 N–H and O–H groups in total. The molecule has 0 fully saturated rings. The first-order chi connectivity index (χ1) is 17.7. The zero-order valence-corrected chi connectivity index (χ0v) is 21.4. The van der Waals surface area contributed by atoms with Gasteiger partial charge < -0.3 is 15.2 Å². The summed E-state index contributed by atoms with van der Waals surface area (Å²) in [6.07, 6.45) is 1.48. The molecule has 10 nitrogen and oxygen atoms in total. The van der Waals surface area contributed by atoms with E-state index in [1.54, 1.807) is 25.5 Å². The Morgan fingerprint density at radius 2 is 1.84 bits per heavy atom. The van der Waals surface area contributed by atoms with E-state index >= 15 is 0 Å². The molecule has 2 heterocycles. The Labute approximate surface area is 216 Å². The number of nitro benzene ring substituents is 1. The van der Waals surface area contributed by atoms with E-state index in [9.17, 15) is 14.7 Å². The second-order valence-electron chi connectivity index (χ2n) is 8.65. The summed E-state index contributed by atoms with van der Waals surface area (Å²) in [5.41, 5.74) is 3.30. The number of H-pyrrole nitrogens is 1.